The molecule has 1 atom stereocenters. The van der Waals surface area contributed by atoms with E-state index in [0.29, 0.717) is 24.7 Å². The summed E-state index contributed by atoms with van der Waals surface area (Å²) in [6, 6.07) is 5.13. The second kappa shape index (κ2) is 12.6. The molecule has 4 amide bonds. The molecule has 0 bridgehead atoms. The summed E-state index contributed by atoms with van der Waals surface area (Å²) in [5.74, 6) is 2.95. The average molecular weight is 651 g/mol. The van der Waals surface area contributed by atoms with Crippen molar-refractivity contribution in [1.29, 1.82) is 5.26 Å². The topological polar surface area (TPSA) is 162 Å². The number of rotatable bonds is 6. The van der Waals surface area contributed by atoms with Gasteiger partial charge in [-0.3, -0.25) is 29.2 Å². The first kappa shape index (κ1) is 32.6. The number of nitriles is 1. The minimum absolute atomic E-state index is 0.0288. The smallest absolute Gasteiger partial charge is 0.367 e. The fourth-order valence-corrected chi connectivity index (χ4v) is 4.85. The number of amides is 4. The van der Waals surface area contributed by atoms with E-state index in [0.717, 1.165) is 12.3 Å². The normalized spacial score (nSPS) is 16.7. The van der Waals surface area contributed by atoms with E-state index in [-0.39, 0.29) is 35.7 Å². The number of pyridine rings is 1. The number of hydrogen-bond acceptors (Lipinski definition) is 8. The Bertz CT molecular complexity index is 1880. The number of piperidine rings is 1. The molecule has 1 unspecified atom stereocenters. The van der Waals surface area contributed by atoms with E-state index >= 15 is 0 Å². The molecule has 47 heavy (non-hydrogen) atoms. The third-order valence-corrected chi connectivity index (χ3v) is 7.67. The van der Waals surface area contributed by atoms with Crippen LogP contribution in [0.2, 0.25) is 0 Å². The molecule has 2 saturated heterocycles. The highest BCUT2D eigenvalue weighted by atomic mass is 19.4. The molecule has 16 heteroatoms. The van der Waals surface area contributed by atoms with Crippen molar-refractivity contribution in [1.82, 2.24) is 25.4 Å². The van der Waals surface area contributed by atoms with Gasteiger partial charge in [-0.15, -0.1) is 0 Å². The Morgan fingerprint density at radius 2 is 1.87 bits per heavy atom. The monoisotopic (exact) mass is 650 g/mol. The van der Waals surface area contributed by atoms with Gasteiger partial charge in [-0.2, -0.15) is 23.5 Å². The van der Waals surface area contributed by atoms with E-state index in [1.807, 2.05) is 0 Å². The van der Waals surface area contributed by atoms with Gasteiger partial charge in [-0.25, -0.2) is 9.37 Å². The van der Waals surface area contributed by atoms with E-state index in [1.54, 1.807) is 4.90 Å². The maximum Gasteiger partial charge on any atom is 0.419 e. The Morgan fingerprint density at radius 1 is 1.13 bits per heavy atom. The van der Waals surface area contributed by atoms with Gasteiger partial charge < -0.3 is 15.5 Å². The highest BCUT2D eigenvalue weighted by molar-refractivity contribution is 6.04. The number of halogens is 4. The van der Waals surface area contributed by atoms with Gasteiger partial charge in [-0.05, 0) is 44.5 Å². The van der Waals surface area contributed by atoms with Crippen LogP contribution in [0.15, 0.2) is 42.9 Å². The number of imide groups is 1. The molecular formula is C31H26F4N8O4. The van der Waals surface area contributed by atoms with E-state index in [9.17, 15) is 36.7 Å². The number of alkyl halides is 3. The lowest BCUT2D eigenvalue weighted by atomic mass is 9.99. The van der Waals surface area contributed by atoms with Gasteiger partial charge >= 0.3 is 6.18 Å². The number of benzene rings is 1. The summed E-state index contributed by atoms with van der Waals surface area (Å²) in [4.78, 5) is 53.9. The maximum atomic E-state index is 14.9. The summed E-state index contributed by atoms with van der Waals surface area (Å²) >= 11 is 0. The quantitative estimate of drug-likeness (QED) is 0.209. The highest BCUT2D eigenvalue weighted by Gasteiger charge is 2.36. The molecule has 2 fully saturated rings. The third kappa shape index (κ3) is 7.06. The predicted octanol–water partition coefficient (Wildman–Crippen LogP) is 2.70. The van der Waals surface area contributed by atoms with Crippen molar-refractivity contribution in [2.75, 3.05) is 23.3 Å². The Morgan fingerprint density at radius 3 is 2.53 bits per heavy atom. The fraction of sp³-hybridized carbons (Fsp3) is 0.323. The summed E-state index contributed by atoms with van der Waals surface area (Å²) in [7, 11) is 0. The van der Waals surface area contributed by atoms with Crippen LogP contribution in [0, 0.1) is 34.9 Å². The fourth-order valence-electron chi connectivity index (χ4n) is 4.85. The van der Waals surface area contributed by atoms with Crippen molar-refractivity contribution in [3.63, 3.8) is 0 Å². The zero-order chi connectivity index (χ0) is 34.1. The molecule has 3 N–H and O–H groups in total. The Kier molecular flexibility index (Phi) is 8.71. The Balaban J connectivity index is 1.16. The van der Waals surface area contributed by atoms with Crippen LogP contribution >= 0.6 is 0 Å². The lowest BCUT2D eigenvalue weighted by molar-refractivity contribution is -0.138. The van der Waals surface area contributed by atoms with Crippen LogP contribution in [0.4, 0.5) is 28.9 Å². The van der Waals surface area contributed by atoms with Crippen molar-refractivity contribution >= 4 is 35.0 Å². The summed E-state index contributed by atoms with van der Waals surface area (Å²) in [6.45, 7) is 3.84. The second-order valence-electron chi connectivity index (χ2n) is 11.4. The minimum atomic E-state index is -4.83. The number of hydrogen-bond donors (Lipinski definition) is 3. The van der Waals surface area contributed by atoms with Crippen molar-refractivity contribution in [3.05, 3.63) is 71.1 Å². The van der Waals surface area contributed by atoms with Crippen LogP contribution in [0.1, 0.15) is 53.9 Å². The van der Waals surface area contributed by atoms with Crippen LogP contribution in [0.25, 0.3) is 0 Å². The van der Waals surface area contributed by atoms with Gasteiger partial charge in [0.05, 0.1) is 40.8 Å². The molecular weight excluding hydrogens is 624 g/mol. The lowest BCUT2D eigenvalue weighted by Gasteiger charge is -2.38. The van der Waals surface area contributed by atoms with Gasteiger partial charge in [0.25, 0.3) is 11.8 Å². The Labute approximate surface area is 265 Å². The number of carbonyl (C=O) groups excluding carboxylic acids is 4. The van der Waals surface area contributed by atoms with Crippen LogP contribution in [-0.2, 0) is 26.1 Å². The van der Waals surface area contributed by atoms with Crippen LogP contribution in [0.5, 0.6) is 0 Å². The molecule has 12 nitrogen and oxygen atoms in total. The average Bonchev–Trinajstić information content (AvgIpc) is 3.48. The molecule has 0 spiro atoms. The predicted molar refractivity (Wildman–Crippen MR) is 157 cm³/mol. The number of aromatic nitrogens is 3. The number of anilines is 2. The van der Waals surface area contributed by atoms with Gasteiger partial charge in [0, 0.05) is 31.3 Å². The SMILES string of the molecule is CC(C)(C(=O)Nc1cnc(C#N)c(C(F)(F)F)c1)n1cc(C#CC2CN(c3ccc(C(=O)NC4CCC(=O)NC4=O)cc3F)C2)cn1. The standard InChI is InChI=1S/C31H26F4N8O4/c1-30(2,29(47)39-20-10-21(31(33,34)35)24(11-36)37-13-20)43-16-17(12-38-43)3-4-18-14-42(15-18)25-7-5-19(9-22(25)32)27(45)40-23-6-8-26(44)41-28(23)46/h5,7,9-10,12-13,16,18,23H,6,8,14-15H2,1-2H3,(H,39,47)(H,40,45)(H,41,44,46). The number of carbonyl (C=O) groups is 4. The molecule has 2 aromatic heterocycles. The molecule has 4 heterocycles. The molecule has 0 saturated carbocycles. The van der Waals surface area contributed by atoms with Crippen molar-refractivity contribution in [2.45, 2.75) is 44.4 Å². The van der Waals surface area contributed by atoms with E-state index < -0.39 is 58.5 Å². The largest absolute Gasteiger partial charge is 0.419 e. The second-order valence-corrected chi connectivity index (χ2v) is 11.4. The molecule has 5 rings (SSSR count). The van der Waals surface area contributed by atoms with Crippen LogP contribution in [0.3, 0.4) is 0 Å². The minimum Gasteiger partial charge on any atom is -0.367 e. The summed E-state index contributed by atoms with van der Waals surface area (Å²) in [5.41, 5.74) is -2.88. The molecule has 0 radical (unpaired) electrons. The van der Waals surface area contributed by atoms with Crippen LogP contribution in [-0.4, -0.2) is 57.5 Å². The molecule has 0 aliphatic carbocycles. The zero-order valence-corrected chi connectivity index (χ0v) is 24.9. The van der Waals surface area contributed by atoms with E-state index in [2.05, 4.69) is 37.9 Å². The summed E-state index contributed by atoms with van der Waals surface area (Å²) in [6.07, 6.45) is -0.670. The molecule has 242 valence electrons. The first-order chi connectivity index (χ1) is 22.1. The zero-order valence-electron chi connectivity index (χ0n) is 24.9. The van der Waals surface area contributed by atoms with Gasteiger partial charge in [-0.1, -0.05) is 11.8 Å². The molecule has 1 aromatic carbocycles. The third-order valence-electron chi connectivity index (χ3n) is 7.67. The van der Waals surface area contributed by atoms with E-state index in [1.165, 1.54) is 49.1 Å². The van der Waals surface area contributed by atoms with Gasteiger partial charge in [0.2, 0.25) is 11.8 Å². The van der Waals surface area contributed by atoms with Gasteiger partial charge in [0.1, 0.15) is 23.5 Å². The van der Waals surface area contributed by atoms with Crippen LogP contribution < -0.4 is 20.9 Å². The Hall–Kier alpha value is -5.77. The summed E-state index contributed by atoms with van der Waals surface area (Å²) < 4.78 is 56.1. The highest BCUT2D eigenvalue weighted by Crippen LogP contribution is 2.33. The number of nitrogens with zero attached hydrogens (tertiary/aromatic N) is 5. The van der Waals surface area contributed by atoms with Crippen molar-refractivity contribution in [2.24, 2.45) is 5.92 Å². The van der Waals surface area contributed by atoms with Crippen molar-refractivity contribution < 1.29 is 36.7 Å². The maximum absolute atomic E-state index is 14.9. The molecule has 2 aliphatic heterocycles. The number of nitrogens with one attached hydrogen (secondary N) is 3. The summed E-state index contributed by atoms with van der Waals surface area (Å²) in [5, 5.41) is 20.1. The van der Waals surface area contributed by atoms with Crippen molar-refractivity contribution in [3.8, 4) is 17.9 Å². The van der Waals surface area contributed by atoms with Gasteiger partial charge in [0.15, 0.2) is 5.69 Å². The lowest BCUT2D eigenvalue weighted by Crippen LogP contribution is -2.52. The first-order valence-corrected chi connectivity index (χ1v) is 14.2. The van der Waals surface area contributed by atoms with E-state index in [4.69, 9.17) is 5.26 Å². The molecule has 3 aromatic rings. The first-order valence-electron chi connectivity index (χ1n) is 14.2. The molecule has 2 aliphatic rings.